The van der Waals surface area contributed by atoms with Crippen LogP contribution in [0.4, 0.5) is 0 Å². The van der Waals surface area contributed by atoms with Gasteiger partial charge in [-0.1, -0.05) is 5.92 Å². The zero-order chi connectivity index (χ0) is 17.3. The first-order valence-electron chi connectivity index (χ1n) is 7.93. The molecule has 0 radical (unpaired) electrons. The van der Waals surface area contributed by atoms with Crippen molar-refractivity contribution in [2.24, 2.45) is 0 Å². The van der Waals surface area contributed by atoms with E-state index in [0.29, 0.717) is 13.0 Å². The van der Waals surface area contributed by atoms with Crippen LogP contribution in [-0.4, -0.2) is 38.9 Å². The zero-order valence-electron chi connectivity index (χ0n) is 14.2. The number of fused-ring (bicyclic) bond motifs is 1. The summed E-state index contributed by atoms with van der Waals surface area (Å²) >= 11 is 0. The van der Waals surface area contributed by atoms with Gasteiger partial charge in [-0.3, -0.25) is 15.1 Å². The van der Waals surface area contributed by atoms with E-state index in [0.717, 1.165) is 23.0 Å². The highest BCUT2D eigenvalue weighted by Crippen LogP contribution is 2.23. The Hall–Kier alpha value is -2.81. The smallest absolute Gasteiger partial charge is 0.231 e. The Kier molecular flexibility index (Phi) is 4.02. The molecule has 6 nitrogen and oxygen atoms in total. The van der Waals surface area contributed by atoms with Crippen molar-refractivity contribution >= 4 is 22.9 Å². The number of hydrogen-bond acceptors (Lipinski definition) is 3. The van der Waals surface area contributed by atoms with Crippen LogP contribution in [0.25, 0.3) is 11.0 Å². The van der Waals surface area contributed by atoms with Crippen molar-refractivity contribution in [3.8, 4) is 11.8 Å². The Morgan fingerprint density at radius 2 is 2.25 bits per heavy atom. The summed E-state index contributed by atoms with van der Waals surface area (Å²) in [6.07, 6.45) is 2.93. The van der Waals surface area contributed by atoms with E-state index in [1.165, 1.54) is 4.90 Å². The summed E-state index contributed by atoms with van der Waals surface area (Å²) in [6, 6.07) is 5.98. The zero-order valence-corrected chi connectivity index (χ0v) is 14.2. The van der Waals surface area contributed by atoms with Gasteiger partial charge < -0.3 is 9.88 Å². The average Bonchev–Trinajstić information content (AvgIpc) is 2.93. The van der Waals surface area contributed by atoms with Crippen LogP contribution in [0.15, 0.2) is 24.5 Å². The summed E-state index contributed by atoms with van der Waals surface area (Å²) < 4.78 is 2.08. The minimum absolute atomic E-state index is 0.0303. The highest BCUT2D eigenvalue weighted by molar-refractivity contribution is 5.98. The SMILES string of the molecule is CC#Cc1ccc2ncn(CC[C@]3(C)CC(=O)N(C)C(=N)N3)c2c1. The predicted molar refractivity (Wildman–Crippen MR) is 93.6 cm³/mol. The van der Waals surface area contributed by atoms with Crippen LogP contribution in [0, 0.1) is 17.3 Å². The summed E-state index contributed by atoms with van der Waals surface area (Å²) in [6.45, 7) is 4.52. The van der Waals surface area contributed by atoms with E-state index < -0.39 is 5.54 Å². The molecular formula is C18H21N5O. The minimum Gasteiger partial charge on any atom is -0.350 e. The third-order valence-electron chi connectivity index (χ3n) is 4.47. The Morgan fingerprint density at radius 3 is 2.96 bits per heavy atom. The number of nitrogens with zero attached hydrogens (tertiary/aromatic N) is 3. The molecule has 1 amide bonds. The number of nitrogens with one attached hydrogen (secondary N) is 2. The maximum atomic E-state index is 12.0. The Labute approximate surface area is 141 Å². The van der Waals surface area contributed by atoms with Gasteiger partial charge in [-0.05, 0) is 38.5 Å². The maximum Gasteiger partial charge on any atom is 0.231 e. The van der Waals surface area contributed by atoms with E-state index >= 15 is 0 Å². The first-order chi connectivity index (χ1) is 11.4. The number of benzene rings is 1. The molecule has 2 heterocycles. The minimum atomic E-state index is -0.419. The van der Waals surface area contributed by atoms with Gasteiger partial charge in [0.1, 0.15) is 0 Å². The summed E-state index contributed by atoms with van der Waals surface area (Å²) in [5, 5.41) is 11.0. The van der Waals surface area contributed by atoms with Gasteiger partial charge in [0.25, 0.3) is 0 Å². The Morgan fingerprint density at radius 1 is 1.46 bits per heavy atom. The Bertz CT molecular complexity index is 852. The molecular weight excluding hydrogens is 302 g/mol. The molecule has 0 aliphatic carbocycles. The molecule has 1 aliphatic rings. The van der Waals surface area contributed by atoms with Crippen LogP contribution in [0.2, 0.25) is 0 Å². The third-order valence-corrected chi connectivity index (χ3v) is 4.47. The number of rotatable bonds is 3. The van der Waals surface area contributed by atoms with Crippen LogP contribution in [0.1, 0.15) is 32.3 Å². The molecule has 1 fully saturated rings. The molecule has 1 atom stereocenters. The van der Waals surface area contributed by atoms with E-state index in [9.17, 15) is 4.79 Å². The molecule has 1 aliphatic heterocycles. The average molecular weight is 323 g/mol. The fourth-order valence-corrected chi connectivity index (χ4v) is 2.97. The second kappa shape index (κ2) is 6.00. The van der Waals surface area contributed by atoms with Gasteiger partial charge in [0, 0.05) is 24.7 Å². The van der Waals surface area contributed by atoms with Crippen molar-refractivity contribution in [1.29, 1.82) is 5.41 Å². The first-order valence-corrected chi connectivity index (χ1v) is 7.93. The van der Waals surface area contributed by atoms with E-state index in [1.54, 1.807) is 7.05 Å². The van der Waals surface area contributed by atoms with Gasteiger partial charge in [-0.25, -0.2) is 4.98 Å². The van der Waals surface area contributed by atoms with Crippen LogP contribution >= 0.6 is 0 Å². The lowest BCUT2D eigenvalue weighted by atomic mass is 9.91. The highest BCUT2D eigenvalue weighted by Gasteiger charge is 2.36. The fraction of sp³-hybridized carbons (Fsp3) is 0.389. The molecule has 6 heteroatoms. The van der Waals surface area contributed by atoms with Crippen molar-refractivity contribution in [1.82, 2.24) is 19.8 Å². The van der Waals surface area contributed by atoms with Gasteiger partial charge in [0.2, 0.25) is 5.91 Å². The normalized spacial score (nSPS) is 20.7. The lowest BCUT2D eigenvalue weighted by molar-refractivity contribution is -0.129. The van der Waals surface area contributed by atoms with E-state index in [2.05, 4.69) is 26.7 Å². The van der Waals surface area contributed by atoms with Gasteiger partial charge in [0.15, 0.2) is 5.96 Å². The summed E-state index contributed by atoms with van der Waals surface area (Å²) in [7, 11) is 1.62. The fourth-order valence-electron chi connectivity index (χ4n) is 2.97. The second-order valence-corrected chi connectivity index (χ2v) is 6.43. The molecule has 0 saturated carbocycles. The van der Waals surface area contributed by atoms with Crippen molar-refractivity contribution in [3.05, 3.63) is 30.1 Å². The lowest BCUT2D eigenvalue weighted by Gasteiger charge is -2.39. The number of guanidine groups is 1. The topological polar surface area (TPSA) is 74.0 Å². The highest BCUT2D eigenvalue weighted by atomic mass is 16.2. The summed E-state index contributed by atoms with van der Waals surface area (Å²) in [4.78, 5) is 17.8. The molecule has 124 valence electrons. The van der Waals surface area contributed by atoms with Gasteiger partial charge >= 0.3 is 0 Å². The lowest BCUT2D eigenvalue weighted by Crippen LogP contribution is -2.60. The molecule has 0 bridgehead atoms. The van der Waals surface area contributed by atoms with Crippen molar-refractivity contribution in [2.75, 3.05) is 7.05 Å². The molecule has 0 unspecified atom stereocenters. The third kappa shape index (κ3) is 2.98. The summed E-state index contributed by atoms with van der Waals surface area (Å²) in [5.41, 5.74) is 2.51. The first kappa shape index (κ1) is 16.1. The largest absolute Gasteiger partial charge is 0.350 e. The monoisotopic (exact) mass is 323 g/mol. The second-order valence-electron chi connectivity index (χ2n) is 6.43. The van der Waals surface area contributed by atoms with Gasteiger partial charge in [-0.2, -0.15) is 0 Å². The van der Waals surface area contributed by atoms with Crippen LogP contribution in [0.5, 0.6) is 0 Å². The van der Waals surface area contributed by atoms with Crippen molar-refractivity contribution in [2.45, 2.75) is 38.8 Å². The molecule has 1 saturated heterocycles. The number of carbonyl (C=O) groups excluding carboxylic acids is 1. The Balaban J connectivity index is 1.80. The molecule has 2 aromatic rings. The number of amides is 1. The van der Waals surface area contributed by atoms with Gasteiger partial charge in [-0.15, -0.1) is 5.92 Å². The summed E-state index contributed by atoms with van der Waals surface area (Å²) in [5.74, 6) is 6.10. The van der Waals surface area contributed by atoms with Crippen molar-refractivity contribution in [3.63, 3.8) is 0 Å². The van der Waals surface area contributed by atoms with E-state index in [-0.39, 0.29) is 11.9 Å². The maximum absolute atomic E-state index is 12.0. The number of hydrogen-bond donors (Lipinski definition) is 2. The molecule has 1 aromatic carbocycles. The number of carbonyl (C=O) groups is 1. The number of imidazole rings is 1. The molecule has 24 heavy (non-hydrogen) atoms. The molecule has 0 spiro atoms. The van der Waals surface area contributed by atoms with Crippen LogP contribution in [-0.2, 0) is 11.3 Å². The predicted octanol–water partition coefficient (Wildman–Crippen LogP) is 1.94. The quantitative estimate of drug-likeness (QED) is 0.848. The van der Waals surface area contributed by atoms with Crippen molar-refractivity contribution < 1.29 is 4.79 Å². The molecule has 3 rings (SSSR count). The van der Waals surface area contributed by atoms with Crippen LogP contribution in [0.3, 0.4) is 0 Å². The van der Waals surface area contributed by atoms with Gasteiger partial charge in [0.05, 0.1) is 23.8 Å². The molecule has 1 aromatic heterocycles. The van der Waals surface area contributed by atoms with E-state index in [4.69, 9.17) is 5.41 Å². The standard InChI is InChI=1S/C18H21N5O/c1-4-5-13-6-7-14-15(10-13)23(12-20-14)9-8-18(2)11-16(24)22(3)17(19)21-18/h6-7,10,12H,8-9,11H2,1-3H3,(H2,19,21)/t18-/m1/s1. The number of aromatic nitrogens is 2. The van der Waals surface area contributed by atoms with Crippen LogP contribution < -0.4 is 5.32 Å². The van der Waals surface area contributed by atoms with E-state index in [1.807, 2.05) is 38.4 Å². The molecule has 2 N–H and O–H groups in total. The number of aryl methyl sites for hydroxylation is 1.